The van der Waals surface area contributed by atoms with Gasteiger partial charge in [-0.05, 0) is 18.8 Å². The van der Waals surface area contributed by atoms with Crippen LogP contribution in [0.5, 0.6) is 5.88 Å². The second-order valence-electron chi connectivity index (χ2n) is 6.89. The first kappa shape index (κ1) is 24.5. The topological polar surface area (TPSA) is 252 Å². The number of carboxylic acids is 2. The molecule has 14 nitrogen and oxygen atoms in total. The van der Waals surface area contributed by atoms with Gasteiger partial charge in [0.15, 0.2) is 12.0 Å². The van der Waals surface area contributed by atoms with Crippen LogP contribution in [0.25, 0.3) is 0 Å². The molecule has 14 heteroatoms. The lowest BCUT2D eigenvalue weighted by atomic mass is 10.0. The highest BCUT2D eigenvalue weighted by Crippen LogP contribution is 2.22. The third kappa shape index (κ3) is 5.97. The Bertz CT molecular complexity index is 870. The van der Waals surface area contributed by atoms with Gasteiger partial charge in [-0.25, -0.2) is 19.0 Å². The Morgan fingerprint density at radius 3 is 2.27 bits per heavy atom. The van der Waals surface area contributed by atoms with Crippen LogP contribution < -0.4 is 28.2 Å². The van der Waals surface area contributed by atoms with Gasteiger partial charge < -0.3 is 42.8 Å². The lowest BCUT2D eigenvalue weighted by Crippen LogP contribution is -2.55. The van der Waals surface area contributed by atoms with Crippen molar-refractivity contribution in [1.29, 1.82) is 0 Å². The smallest absolute Gasteiger partial charge is 0.329 e. The molecule has 1 amide bonds. The molecule has 168 valence electrons. The van der Waals surface area contributed by atoms with E-state index in [0.29, 0.717) is 11.0 Å². The van der Waals surface area contributed by atoms with Crippen LogP contribution >= 0.6 is 0 Å². The fraction of sp³-hybridized carbons (Fsp3) is 0.562. The quantitative estimate of drug-likeness (QED) is 0.102. The average Bonchev–Trinajstić information content (AvgIpc) is 2.90. The number of aliphatic imine (C=N–C) groups is 1. The molecule has 1 aromatic heterocycles. The molecule has 1 unspecified atom stereocenters. The third-order valence-corrected chi connectivity index (χ3v) is 4.26. The molecule has 11 N–H and O–H groups in total. The number of nitrogens with zero attached hydrogens (tertiary/aromatic N) is 2. The van der Waals surface area contributed by atoms with E-state index in [1.54, 1.807) is 0 Å². The molecule has 0 aliphatic rings. The van der Waals surface area contributed by atoms with Gasteiger partial charge in [-0.2, -0.15) is 0 Å². The number of nitrogens with one attached hydrogen (secondary N) is 2. The second kappa shape index (κ2) is 10.3. The summed E-state index contributed by atoms with van der Waals surface area (Å²) < 4.78 is 0.438. The minimum Gasteiger partial charge on any atom is -0.493 e. The van der Waals surface area contributed by atoms with E-state index >= 15 is 0 Å². The number of aromatic nitrogens is 2. The van der Waals surface area contributed by atoms with Crippen LogP contribution in [0.4, 0.5) is 0 Å². The zero-order chi connectivity index (χ0) is 23.2. The van der Waals surface area contributed by atoms with E-state index < -0.39 is 53.5 Å². The van der Waals surface area contributed by atoms with E-state index in [2.05, 4.69) is 15.3 Å². The molecule has 0 radical (unpaired) electrons. The highest BCUT2D eigenvalue weighted by Gasteiger charge is 2.38. The largest absolute Gasteiger partial charge is 0.493 e. The maximum atomic E-state index is 12.4. The number of carbonyl (C=O) groups excluding carboxylic acids is 1. The molecule has 0 aliphatic carbocycles. The molecule has 1 heterocycles. The summed E-state index contributed by atoms with van der Waals surface area (Å²) in [5, 5.41) is 31.2. The van der Waals surface area contributed by atoms with Crippen LogP contribution in [0.3, 0.4) is 0 Å². The van der Waals surface area contributed by atoms with E-state index in [1.807, 2.05) is 0 Å². The molecule has 1 aromatic rings. The van der Waals surface area contributed by atoms with Crippen molar-refractivity contribution in [3.8, 4) is 5.88 Å². The van der Waals surface area contributed by atoms with Gasteiger partial charge in [0, 0.05) is 6.54 Å². The molecular weight excluding hydrogens is 402 g/mol. The first-order valence-corrected chi connectivity index (χ1v) is 8.97. The molecule has 0 spiro atoms. The van der Waals surface area contributed by atoms with Crippen molar-refractivity contribution >= 4 is 23.8 Å². The molecule has 0 fully saturated rings. The number of aryl methyl sites for hydroxylation is 1. The zero-order valence-electron chi connectivity index (χ0n) is 16.5. The van der Waals surface area contributed by atoms with Crippen LogP contribution in [0, 0.1) is 5.92 Å². The number of aromatic amines is 1. The monoisotopic (exact) mass is 429 g/mol. The summed E-state index contributed by atoms with van der Waals surface area (Å²) in [5.41, 5.74) is 15.1. The SMILES string of the molecule is CC(C)[C@H](NC(=O)[C@@H](N)C(C(=O)O)n1c(O)c(CCCN=C(N)N)[nH]c1=O)C(=O)O. The maximum absolute atomic E-state index is 12.4. The Morgan fingerprint density at radius 1 is 1.20 bits per heavy atom. The number of amides is 1. The van der Waals surface area contributed by atoms with Crippen LogP contribution in [-0.2, 0) is 20.8 Å². The third-order valence-electron chi connectivity index (χ3n) is 4.26. The predicted molar refractivity (Wildman–Crippen MR) is 105 cm³/mol. The van der Waals surface area contributed by atoms with Gasteiger partial charge in [-0.15, -0.1) is 0 Å². The normalized spacial score (nSPS) is 14.0. The lowest BCUT2D eigenvalue weighted by Gasteiger charge is -2.24. The average molecular weight is 429 g/mol. The Balaban J connectivity index is 3.14. The molecule has 30 heavy (non-hydrogen) atoms. The van der Waals surface area contributed by atoms with Crippen LogP contribution in [-0.4, -0.2) is 67.3 Å². The van der Waals surface area contributed by atoms with Gasteiger partial charge in [-0.3, -0.25) is 9.79 Å². The molecule has 0 bridgehead atoms. The van der Waals surface area contributed by atoms with Crippen LogP contribution in [0.2, 0.25) is 0 Å². The van der Waals surface area contributed by atoms with E-state index in [0.717, 1.165) is 0 Å². The number of aliphatic carboxylic acids is 2. The number of carboxylic acid groups (broad SMARTS) is 2. The highest BCUT2D eigenvalue weighted by molar-refractivity contribution is 5.91. The van der Waals surface area contributed by atoms with Gasteiger partial charge in [0.1, 0.15) is 12.1 Å². The van der Waals surface area contributed by atoms with E-state index in [1.165, 1.54) is 13.8 Å². The molecule has 0 aromatic carbocycles. The number of imidazole rings is 1. The van der Waals surface area contributed by atoms with Crippen molar-refractivity contribution in [1.82, 2.24) is 14.9 Å². The Labute approximate surface area is 170 Å². The number of guanidine groups is 1. The number of aromatic hydroxyl groups is 1. The lowest BCUT2D eigenvalue weighted by molar-refractivity contribution is -0.146. The van der Waals surface area contributed by atoms with Crippen molar-refractivity contribution in [2.24, 2.45) is 28.1 Å². The first-order valence-electron chi connectivity index (χ1n) is 8.97. The van der Waals surface area contributed by atoms with Crippen LogP contribution in [0.1, 0.15) is 32.0 Å². The van der Waals surface area contributed by atoms with Crippen LogP contribution in [0.15, 0.2) is 9.79 Å². The van der Waals surface area contributed by atoms with E-state index in [9.17, 15) is 34.5 Å². The highest BCUT2D eigenvalue weighted by atomic mass is 16.4. The van der Waals surface area contributed by atoms with E-state index in [4.69, 9.17) is 17.2 Å². The predicted octanol–water partition coefficient (Wildman–Crippen LogP) is -2.73. The molecule has 0 saturated heterocycles. The Morgan fingerprint density at radius 2 is 1.80 bits per heavy atom. The summed E-state index contributed by atoms with van der Waals surface area (Å²) in [6, 6.07) is -5.17. The van der Waals surface area contributed by atoms with Gasteiger partial charge in [0.05, 0.1) is 5.69 Å². The summed E-state index contributed by atoms with van der Waals surface area (Å²) in [5.74, 6) is -5.46. The second-order valence-corrected chi connectivity index (χ2v) is 6.89. The van der Waals surface area contributed by atoms with Crippen molar-refractivity contribution < 1.29 is 29.7 Å². The first-order chi connectivity index (χ1) is 13.9. The summed E-state index contributed by atoms with van der Waals surface area (Å²) in [4.78, 5) is 53.7. The number of rotatable bonds is 11. The molecular formula is C16H27N7O7. The molecule has 0 aliphatic heterocycles. The zero-order valence-corrected chi connectivity index (χ0v) is 16.5. The van der Waals surface area contributed by atoms with Crippen molar-refractivity contribution in [3.63, 3.8) is 0 Å². The summed E-state index contributed by atoms with van der Waals surface area (Å²) in [7, 11) is 0. The Kier molecular flexibility index (Phi) is 8.40. The molecule has 1 rings (SSSR count). The van der Waals surface area contributed by atoms with Crippen molar-refractivity contribution in [2.75, 3.05) is 6.54 Å². The summed E-state index contributed by atoms with van der Waals surface area (Å²) >= 11 is 0. The number of H-pyrrole nitrogens is 1. The standard InChI is InChI=1S/C16H27N7O7/c1-6(2)9(13(26)27)22-11(24)8(17)10(14(28)29)23-12(25)7(21-16(23)30)4-3-5-20-15(18)19/h6,8-10,25H,3-5,17H2,1-2H3,(H,21,30)(H,22,24)(H,26,27)(H,28,29)(H4,18,19,20)/t8-,9-,10?/m0/s1. The minimum absolute atomic E-state index is 0.00949. The summed E-state index contributed by atoms with van der Waals surface area (Å²) in [6.07, 6.45) is 0.428. The number of nitrogens with two attached hydrogens (primary N) is 3. The number of hydrogen-bond donors (Lipinski definition) is 8. The molecule has 0 saturated carbocycles. The van der Waals surface area contributed by atoms with Gasteiger partial charge in [0.2, 0.25) is 11.8 Å². The van der Waals surface area contributed by atoms with Crippen molar-refractivity contribution in [2.45, 2.75) is 44.8 Å². The number of hydrogen-bond acceptors (Lipinski definition) is 7. The number of carbonyl (C=O) groups is 3. The van der Waals surface area contributed by atoms with Gasteiger partial charge >= 0.3 is 17.6 Å². The van der Waals surface area contributed by atoms with Crippen molar-refractivity contribution in [3.05, 3.63) is 16.2 Å². The van der Waals surface area contributed by atoms with E-state index in [-0.39, 0.29) is 24.6 Å². The Hall–Kier alpha value is -3.55. The fourth-order valence-corrected chi connectivity index (χ4v) is 2.71. The fourth-order valence-electron chi connectivity index (χ4n) is 2.71. The maximum Gasteiger partial charge on any atom is 0.329 e. The summed E-state index contributed by atoms with van der Waals surface area (Å²) in [6.45, 7) is 3.28. The van der Waals surface area contributed by atoms with Gasteiger partial charge in [-0.1, -0.05) is 13.8 Å². The minimum atomic E-state index is -1.98. The molecule has 3 atom stereocenters. The van der Waals surface area contributed by atoms with Gasteiger partial charge in [0.25, 0.3) is 0 Å².